The number of thiazole rings is 1. The molecular weight excluding hydrogens is 318 g/mol. The molecule has 2 N–H and O–H groups in total. The summed E-state index contributed by atoms with van der Waals surface area (Å²) in [4.78, 5) is 13.5. The predicted molar refractivity (Wildman–Crippen MR) is 92.2 cm³/mol. The Balaban J connectivity index is 0.00000144. The van der Waals surface area contributed by atoms with Gasteiger partial charge < -0.3 is 10.6 Å². The highest BCUT2D eigenvalue weighted by Gasteiger charge is 2.17. The molecule has 1 atom stereocenters. The predicted octanol–water partition coefficient (Wildman–Crippen LogP) is 3.68. The van der Waals surface area contributed by atoms with Gasteiger partial charge in [-0.05, 0) is 31.5 Å². The van der Waals surface area contributed by atoms with Crippen LogP contribution in [0.5, 0.6) is 0 Å². The van der Waals surface area contributed by atoms with Crippen molar-refractivity contribution in [3.8, 4) is 0 Å². The van der Waals surface area contributed by atoms with Crippen molar-refractivity contribution in [2.24, 2.45) is 0 Å². The Bertz CT molecular complexity index is 719. The van der Waals surface area contributed by atoms with E-state index >= 15 is 0 Å². The van der Waals surface area contributed by atoms with Crippen LogP contribution in [0.2, 0.25) is 0 Å². The van der Waals surface area contributed by atoms with Gasteiger partial charge in [-0.25, -0.2) is 9.97 Å². The largest absolute Gasteiger partial charge is 0.315 e. The summed E-state index contributed by atoms with van der Waals surface area (Å²) >= 11 is 1.62. The molecule has 1 fully saturated rings. The van der Waals surface area contributed by atoms with E-state index < -0.39 is 0 Å². The Morgan fingerprint density at radius 3 is 2.82 bits per heavy atom. The van der Waals surface area contributed by atoms with Gasteiger partial charge >= 0.3 is 0 Å². The molecule has 0 amide bonds. The van der Waals surface area contributed by atoms with Crippen molar-refractivity contribution in [2.45, 2.75) is 18.9 Å². The molecule has 22 heavy (non-hydrogen) atoms. The fraction of sp³-hybridized carbons (Fsp3) is 0.267. The van der Waals surface area contributed by atoms with Gasteiger partial charge in [0, 0.05) is 0 Å². The number of nitrogens with one attached hydrogen (secondary N) is 2. The molecule has 2 aromatic heterocycles. The average molecular weight is 334 g/mol. The van der Waals surface area contributed by atoms with E-state index in [1.165, 1.54) is 11.1 Å². The molecule has 1 saturated heterocycles. The number of anilines is 2. The van der Waals surface area contributed by atoms with Gasteiger partial charge in [-0.3, -0.25) is 4.98 Å². The number of benzene rings is 1. The molecule has 114 valence electrons. The molecular formula is C15H16ClN5S. The number of halogens is 1. The van der Waals surface area contributed by atoms with E-state index in [0.29, 0.717) is 6.04 Å². The highest BCUT2D eigenvalue weighted by molar-refractivity contribution is 7.22. The van der Waals surface area contributed by atoms with Crippen LogP contribution in [0.1, 0.15) is 24.6 Å². The van der Waals surface area contributed by atoms with Crippen LogP contribution in [0.15, 0.2) is 36.7 Å². The van der Waals surface area contributed by atoms with Crippen LogP contribution in [-0.2, 0) is 0 Å². The maximum absolute atomic E-state index is 4.54. The molecule has 1 aromatic carbocycles. The lowest BCUT2D eigenvalue weighted by molar-refractivity contribution is 0.624. The number of para-hydroxylation sites is 1. The van der Waals surface area contributed by atoms with Crippen molar-refractivity contribution >= 4 is 44.9 Å². The second-order valence-corrected chi connectivity index (χ2v) is 6.12. The van der Waals surface area contributed by atoms with Gasteiger partial charge in [-0.1, -0.05) is 23.5 Å². The van der Waals surface area contributed by atoms with Crippen molar-refractivity contribution in [2.75, 3.05) is 11.9 Å². The number of aromatic nitrogens is 3. The minimum atomic E-state index is 0. The fourth-order valence-corrected chi connectivity index (χ4v) is 3.43. The van der Waals surface area contributed by atoms with E-state index in [0.717, 1.165) is 35.1 Å². The molecule has 3 heterocycles. The summed E-state index contributed by atoms with van der Waals surface area (Å²) in [5.74, 6) is 0.732. The highest BCUT2D eigenvalue weighted by atomic mass is 35.5. The van der Waals surface area contributed by atoms with Gasteiger partial charge in [0.1, 0.15) is 0 Å². The topological polar surface area (TPSA) is 62.7 Å². The molecule has 0 bridgehead atoms. The second-order valence-electron chi connectivity index (χ2n) is 5.09. The Morgan fingerprint density at radius 1 is 1.18 bits per heavy atom. The van der Waals surface area contributed by atoms with E-state index in [1.54, 1.807) is 17.5 Å². The first-order chi connectivity index (χ1) is 10.4. The first-order valence-corrected chi connectivity index (χ1v) is 7.88. The molecule has 1 aliphatic rings. The number of hydrogen-bond acceptors (Lipinski definition) is 6. The van der Waals surface area contributed by atoms with Crippen LogP contribution < -0.4 is 10.6 Å². The molecule has 0 radical (unpaired) electrons. The van der Waals surface area contributed by atoms with E-state index in [2.05, 4.69) is 31.7 Å². The maximum Gasteiger partial charge on any atom is 0.189 e. The smallest absolute Gasteiger partial charge is 0.189 e. The summed E-state index contributed by atoms with van der Waals surface area (Å²) in [7, 11) is 0. The minimum Gasteiger partial charge on any atom is -0.315 e. The SMILES string of the molecule is Cl.c1ccc2sc(Nc3cnc(C4CCCN4)cn3)nc2c1. The summed E-state index contributed by atoms with van der Waals surface area (Å²) in [6, 6.07) is 8.45. The lowest BCUT2D eigenvalue weighted by atomic mass is 10.2. The minimum absolute atomic E-state index is 0. The van der Waals surface area contributed by atoms with Crippen LogP contribution in [0, 0.1) is 0 Å². The van der Waals surface area contributed by atoms with Gasteiger partial charge in [-0.15, -0.1) is 12.4 Å². The van der Waals surface area contributed by atoms with Gasteiger partial charge in [0.2, 0.25) is 0 Å². The third kappa shape index (κ3) is 3.04. The van der Waals surface area contributed by atoms with Crippen LogP contribution in [-0.4, -0.2) is 21.5 Å². The van der Waals surface area contributed by atoms with Crippen molar-refractivity contribution < 1.29 is 0 Å². The Labute approximate surface area is 138 Å². The third-order valence-corrected chi connectivity index (χ3v) is 4.57. The number of rotatable bonds is 3. The number of nitrogens with zero attached hydrogens (tertiary/aromatic N) is 3. The summed E-state index contributed by atoms with van der Waals surface area (Å²) in [6.07, 6.45) is 5.97. The number of fused-ring (bicyclic) bond motifs is 1. The molecule has 7 heteroatoms. The second kappa shape index (κ2) is 6.56. The normalized spacial score (nSPS) is 17.4. The summed E-state index contributed by atoms with van der Waals surface area (Å²) in [6.45, 7) is 1.07. The van der Waals surface area contributed by atoms with Crippen LogP contribution in [0.25, 0.3) is 10.2 Å². The summed E-state index contributed by atoms with van der Waals surface area (Å²) < 4.78 is 1.17. The molecule has 1 unspecified atom stereocenters. The molecule has 0 saturated carbocycles. The van der Waals surface area contributed by atoms with Crippen molar-refractivity contribution in [3.63, 3.8) is 0 Å². The lowest BCUT2D eigenvalue weighted by Crippen LogP contribution is -2.14. The molecule has 4 rings (SSSR count). The van der Waals surface area contributed by atoms with Crippen LogP contribution >= 0.6 is 23.7 Å². The first kappa shape index (κ1) is 15.1. The van der Waals surface area contributed by atoms with Crippen LogP contribution in [0.4, 0.5) is 10.9 Å². The van der Waals surface area contributed by atoms with E-state index in [9.17, 15) is 0 Å². The standard InChI is InChI=1S/C15H15N5S.ClH/c1-2-6-13-11(4-1)19-15(21-13)20-14-9-17-12(8-18-14)10-5-3-7-16-10;/h1-2,4,6,8-10,16H,3,5,7H2,(H,18,19,20);1H. The van der Waals surface area contributed by atoms with E-state index in [4.69, 9.17) is 0 Å². The Hall–Kier alpha value is -1.76. The molecule has 0 spiro atoms. The monoisotopic (exact) mass is 333 g/mol. The van der Waals surface area contributed by atoms with Gasteiger partial charge in [-0.2, -0.15) is 0 Å². The Morgan fingerprint density at radius 2 is 2.09 bits per heavy atom. The summed E-state index contributed by atoms with van der Waals surface area (Å²) in [5.41, 5.74) is 2.02. The Kier molecular flexibility index (Phi) is 4.52. The van der Waals surface area contributed by atoms with Crippen LogP contribution in [0.3, 0.4) is 0 Å². The van der Waals surface area contributed by atoms with Crippen molar-refractivity contribution in [1.82, 2.24) is 20.3 Å². The highest BCUT2D eigenvalue weighted by Crippen LogP contribution is 2.27. The third-order valence-electron chi connectivity index (χ3n) is 3.62. The van der Waals surface area contributed by atoms with Gasteiger partial charge in [0.25, 0.3) is 0 Å². The number of hydrogen-bond donors (Lipinski definition) is 2. The van der Waals surface area contributed by atoms with Gasteiger partial charge in [0.15, 0.2) is 10.9 Å². The van der Waals surface area contributed by atoms with Crippen molar-refractivity contribution in [1.29, 1.82) is 0 Å². The zero-order valence-electron chi connectivity index (χ0n) is 11.8. The maximum atomic E-state index is 4.54. The lowest BCUT2D eigenvalue weighted by Gasteiger charge is -2.09. The zero-order chi connectivity index (χ0) is 14.1. The first-order valence-electron chi connectivity index (χ1n) is 7.06. The molecule has 5 nitrogen and oxygen atoms in total. The molecule has 1 aliphatic heterocycles. The zero-order valence-corrected chi connectivity index (χ0v) is 13.5. The molecule has 3 aromatic rings. The van der Waals surface area contributed by atoms with E-state index in [1.807, 2.05) is 24.4 Å². The quantitative estimate of drug-likeness (QED) is 0.765. The average Bonchev–Trinajstić information content (AvgIpc) is 3.17. The molecule has 0 aliphatic carbocycles. The summed E-state index contributed by atoms with van der Waals surface area (Å²) in [5, 5.41) is 7.50. The van der Waals surface area contributed by atoms with E-state index in [-0.39, 0.29) is 12.4 Å². The van der Waals surface area contributed by atoms with Gasteiger partial charge in [0.05, 0.1) is 34.3 Å². The van der Waals surface area contributed by atoms with Crippen molar-refractivity contribution in [3.05, 3.63) is 42.4 Å². The fourth-order valence-electron chi connectivity index (χ4n) is 2.55.